The Labute approximate surface area is 170 Å². The molecule has 5 nitrogen and oxygen atoms in total. The van der Waals surface area contributed by atoms with Crippen LogP contribution < -0.4 is 5.32 Å². The number of aromatic nitrogens is 2. The highest BCUT2D eigenvalue weighted by Gasteiger charge is 2.38. The van der Waals surface area contributed by atoms with Gasteiger partial charge >= 0.3 is 6.18 Å². The zero-order valence-electron chi connectivity index (χ0n) is 15.2. The molecule has 0 saturated heterocycles. The molecule has 3 aromatic rings. The highest BCUT2D eigenvalue weighted by atomic mass is 35.5. The van der Waals surface area contributed by atoms with Crippen molar-refractivity contribution in [1.29, 1.82) is 0 Å². The van der Waals surface area contributed by atoms with Crippen molar-refractivity contribution in [1.82, 2.24) is 14.9 Å². The molecule has 0 aliphatic heterocycles. The van der Waals surface area contributed by atoms with Gasteiger partial charge in [-0.3, -0.25) is 4.79 Å². The number of amides is 1. The fourth-order valence-electron chi connectivity index (χ4n) is 2.63. The summed E-state index contributed by atoms with van der Waals surface area (Å²) in [5.41, 5.74) is -0.801. The number of hydrogen-bond acceptors (Lipinski definition) is 4. The van der Waals surface area contributed by atoms with Crippen molar-refractivity contribution in [3.63, 3.8) is 0 Å². The number of para-hydroxylation sites is 1. The third kappa shape index (κ3) is 5.03. The van der Waals surface area contributed by atoms with E-state index in [2.05, 4.69) is 15.3 Å². The van der Waals surface area contributed by atoms with Gasteiger partial charge in [-0.1, -0.05) is 54.1 Å². The first-order chi connectivity index (χ1) is 13.8. The molecule has 9 heteroatoms. The van der Waals surface area contributed by atoms with Crippen LogP contribution in [0.3, 0.4) is 0 Å². The summed E-state index contributed by atoms with van der Waals surface area (Å²) in [6.07, 6.45) is -3.96. The summed E-state index contributed by atoms with van der Waals surface area (Å²) >= 11 is 6.00. The summed E-state index contributed by atoms with van der Waals surface area (Å²) in [5.74, 6) is -1.14. The summed E-state index contributed by atoms with van der Waals surface area (Å²) in [6.45, 7) is 0.149. The van der Waals surface area contributed by atoms with E-state index < -0.39 is 23.3 Å². The van der Waals surface area contributed by atoms with Crippen molar-refractivity contribution in [3.05, 3.63) is 82.6 Å². The SMILES string of the molecule is CN(Cc1ccccc1)C(=O)c1cnc(Nc2ccccc2Cl)nc1C(F)(F)F. The van der Waals surface area contributed by atoms with E-state index in [0.717, 1.165) is 11.8 Å². The largest absolute Gasteiger partial charge is 0.434 e. The number of nitrogens with one attached hydrogen (secondary N) is 1. The molecule has 0 saturated carbocycles. The van der Waals surface area contributed by atoms with Crippen LogP contribution in [0.25, 0.3) is 0 Å². The maximum atomic E-state index is 13.6. The molecule has 0 bridgehead atoms. The first kappa shape index (κ1) is 20.6. The molecule has 0 aliphatic rings. The number of nitrogens with zero attached hydrogens (tertiary/aromatic N) is 3. The Balaban J connectivity index is 1.90. The predicted octanol–water partition coefficient (Wildman–Crippen LogP) is 5.16. The number of hydrogen-bond donors (Lipinski definition) is 1. The first-order valence-electron chi connectivity index (χ1n) is 8.51. The maximum Gasteiger partial charge on any atom is 0.434 e. The Kier molecular flexibility index (Phi) is 6.03. The number of carbonyl (C=O) groups is 1. The molecule has 29 heavy (non-hydrogen) atoms. The lowest BCUT2D eigenvalue weighted by atomic mass is 10.1. The average molecular weight is 421 g/mol. The van der Waals surface area contributed by atoms with Crippen LogP contribution in [0.15, 0.2) is 60.8 Å². The highest BCUT2D eigenvalue weighted by Crippen LogP contribution is 2.32. The van der Waals surface area contributed by atoms with Gasteiger partial charge in [0.2, 0.25) is 5.95 Å². The summed E-state index contributed by atoms with van der Waals surface area (Å²) in [5, 5.41) is 2.94. The molecule has 1 amide bonds. The Bertz CT molecular complexity index is 1010. The van der Waals surface area contributed by atoms with E-state index in [-0.39, 0.29) is 12.5 Å². The third-order valence-electron chi connectivity index (χ3n) is 4.02. The van der Waals surface area contributed by atoms with Gasteiger partial charge in [0.05, 0.1) is 16.3 Å². The molecule has 3 rings (SSSR count). The molecule has 1 N–H and O–H groups in total. The van der Waals surface area contributed by atoms with Gasteiger partial charge in [-0.05, 0) is 17.7 Å². The number of rotatable bonds is 5. The Morgan fingerprint density at radius 1 is 1.10 bits per heavy atom. The standard InChI is InChI=1S/C20H16ClF3N4O/c1-28(12-13-7-3-2-4-8-13)18(29)14-11-25-19(27-17(14)20(22,23)24)26-16-10-6-5-9-15(16)21/h2-11H,12H2,1H3,(H,25,26,27). The van der Waals surface area contributed by atoms with Crippen molar-refractivity contribution in [2.45, 2.75) is 12.7 Å². The molecular formula is C20H16ClF3N4O. The minimum Gasteiger partial charge on any atom is -0.337 e. The minimum atomic E-state index is -4.83. The van der Waals surface area contributed by atoms with Crippen LogP contribution in [0, 0.1) is 0 Å². The van der Waals surface area contributed by atoms with Gasteiger partial charge in [0.25, 0.3) is 5.91 Å². The van der Waals surface area contributed by atoms with Gasteiger partial charge < -0.3 is 10.2 Å². The summed E-state index contributed by atoms with van der Waals surface area (Å²) in [6, 6.07) is 15.4. The van der Waals surface area contributed by atoms with E-state index in [4.69, 9.17) is 11.6 Å². The normalized spacial score (nSPS) is 11.2. The quantitative estimate of drug-likeness (QED) is 0.619. The highest BCUT2D eigenvalue weighted by molar-refractivity contribution is 6.33. The van der Waals surface area contributed by atoms with Gasteiger partial charge in [-0.2, -0.15) is 13.2 Å². The second-order valence-electron chi connectivity index (χ2n) is 6.21. The fraction of sp³-hybridized carbons (Fsp3) is 0.150. The number of benzene rings is 2. The van der Waals surface area contributed by atoms with E-state index in [1.165, 1.54) is 11.9 Å². The van der Waals surface area contributed by atoms with E-state index in [1.807, 2.05) is 6.07 Å². The minimum absolute atomic E-state index is 0.149. The maximum absolute atomic E-state index is 13.6. The summed E-state index contributed by atoms with van der Waals surface area (Å²) in [7, 11) is 1.42. The van der Waals surface area contributed by atoms with Crippen molar-refractivity contribution in [2.75, 3.05) is 12.4 Å². The molecule has 0 atom stereocenters. The Hall–Kier alpha value is -3.13. The third-order valence-corrected chi connectivity index (χ3v) is 4.35. The Morgan fingerprint density at radius 2 is 1.76 bits per heavy atom. The van der Waals surface area contributed by atoms with Crippen LogP contribution in [0.1, 0.15) is 21.6 Å². The van der Waals surface area contributed by atoms with Crippen LogP contribution in [-0.2, 0) is 12.7 Å². The van der Waals surface area contributed by atoms with Crippen LogP contribution in [-0.4, -0.2) is 27.8 Å². The zero-order chi connectivity index (χ0) is 21.0. The van der Waals surface area contributed by atoms with Gasteiger partial charge in [-0.15, -0.1) is 0 Å². The van der Waals surface area contributed by atoms with Gasteiger partial charge in [0, 0.05) is 19.8 Å². The van der Waals surface area contributed by atoms with Gasteiger partial charge in [0.15, 0.2) is 5.69 Å². The Morgan fingerprint density at radius 3 is 2.41 bits per heavy atom. The van der Waals surface area contributed by atoms with E-state index >= 15 is 0 Å². The van der Waals surface area contributed by atoms with Crippen LogP contribution in [0.2, 0.25) is 5.02 Å². The average Bonchev–Trinajstić information content (AvgIpc) is 2.69. The van der Waals surface area contributed by atoms with Crippen molar-refractivity contribution >= 4 is 29.1 Å². The van der Waals surface area contributed by atoms with Gasteiger partial charge in [-0.25, -0.2) is 9.97 Å². The second-order valence-corrected chi connectivity index (χ2v) is 6.61. The lowest BCUT2D eigenvalue weighted by molar-refractivity contribution is -0.141. The van der Waals surface area contributed by atoms with Gasteiger partial charge in [0.1, 0.15) is 0 Å². The van der Waals surface area contributed by atoms with Crippen LogP contribution >= 0.6 is 11.6 Å². The van der Waals surface area contributed by atoms with Crippen LogP contribution in [0.5, 0.6) is 0 Å². The molecule has 0 unspecified atom stereocenters. The van der Waals surface area contributed by atoms with Crippen LogP contribution in [0.4, 0.5) is 24.8 Å². The molecule has 0 aliphatic carbocycles. The van der Waals surface area contributed by atoms with E-state index in [0.29, 0.717) is 10.7 Å². The molecular weight excluding hydrogens is 405 g/mol. The smallest absolute Gasteiger partial charge is 0.337 e. The predicted molar refractivity (Wildman–Crippen MR) is 104 cm³/mol. The van der Waals surface area contributed by atoms with Crippen molar-refractivity contribution in [3.8, 4) is 0 Å². The fourth-order valence-corrected chi connectivity index (χ4v) is 2.82. The number of carbonyl (C=O) groups excluding carboxylic acids is 1. The van der Waals surface area contributed by atoms with E-state index in [9.17, 15) is 18.0 Å². The second kappa shape index (κ2) is 8.48. The first-order valence-corrected chi connectivity index (χ1v) is 8.88. The number of alkyl halides is 3. The monoisotopic (exact) mass is 420 g/mol. The van der Waals surface area contributed by atoms with Crippen molar-refractivity contribution in [2.24, 2.45) is 0 Å². The topological polar surface area (TPSA) is 58.1 Å². The summed E-state index contributed by atoms with van der Waals surface area (Å²) < 4.78 is 40.7. The van der Waals surface area contributed by atoms with Crippen molar-refractivity contribution < 1.29 is 18.0 Å². The molecule has 0 fully saturated rings. The molecule has 1 heterocycles. The lowest BCUT2D eigenvalue weighted by Crippen LogP contribution is -2.29. The number of anilines is 2. The molecule has 0 spiro atoms. The lowest BCUT2D eigenvalue weighted by Gasteiger charge is -2.20. The molecule has 2 aromatic carbocycles. The summed E-state index contributed by atoms with van der Waals surface area (Å²) in [4.78, 5) is 21.2. The van der Waals surface area contributed by atoms with E-state index in [1.54, 1.807) is 48.5 Å². The zero-order valence-corrected chi connectivity index (χ0v) is 16.0. The molecule has 150 valence electrons. The molecule has 0 radical (unpaired) electrons. The number of halogens is 4. The molecule has 1 aromatic heterocycles.